The van der Waals surface area contributed by atoms with Gasteiger partial charge in [-0.15, -0.1) is 0 Å². The van der Waals surface area contributed by atoms with Crippen LogP contribution in [0.1, 0.15) is 50.8 Å². The molecule has 2 N–H and O–H groups in total. The van der Waals surface area contributed by atoms with Gasteiger partial charge in [0.2, 0.25) is 5.91 Å². The highest BCUT2D eigenvalue weighted by atomic mass is 32.2. The Morgan fingerprint density at radius 1 is 1.22 bits per heavy atom. The predicted octanol–water partition coefficient (Wildman–Crippen LogP) is 4.19. The Hall–Kier alpha value is -2.23. The lowest BCUT2D eigenvalue weighted by atomic mass is 9.66. The number of nitrogens with one attached hydrogen (secondary N) is 1. The average molecular weight is 515 g/mol. The molecule has 3 amide bonds. The van der Waals surface area contributed by atoms with Gasteiger partial charge in [0.15, 0.2) is 0 Å². The molecule has 3 aliphatic heterocycles. The first kappa shape index (κ1) is 25.4. The molecule has 1 atom stereocenters. The summed E-state index contributed by atoms with van der Waals surface area (Å²) >= 11 is 2.03. The van der Waals surface area contributed by atoms with E-state index in [0.717, 1.165) is 13.1 Å². The zero-order valence-electron chi connectivity index (χ0n) is 21.3. The number of carbonyl (C=O) groups excluding carboxylic acids is 2. The number of anilines is 1. The summed E-state index contributed by atoms with van der Waals surface area (Å²) in [6, 6.07) is 4.52. The van der Waals surface area contributed by atoms with Gasteiger partial charge >= 0.3 is 6.03 Å². The van der Waals surface area contributed by atoms with Crippen LogP contribution in [0.4, 0.5) is 14.9 Å². The largest absolute Gasteiger partial charge is 0.384 e. The van der Waals surface area contributed by atoms with E-state index in [-0.39, 0.29) is 29.8 Å². The van der Waals surface area contributed by atoms with E-state index in [1.807, 2.05) is 25.6 Å². The number of rotatable bonds is 4. The van der Waals surface area contributed by atoms with Crippen molar-refractivity contribution in [2.75, 3.05) is 42.6 Å². The molecule has 194 valence electrons. The number of hydrogen-bond acceptors (Lipinski definition) is 6. The fourth-order valence-corrected chi connectivity index (χ4v) is 7.26. The number of urea groups is 1. The highest BCUT2D eigenvalue weighted by Gasteiger charge is 2.50. The normalized spacial score (nSPS) is 25.9. The standard InChI is InChI=1S/C27H35FN4O3S/c1-17-22(32-10-6-23(33)30-25(32)34)14-19-21(29-17)5-4-20(24(19)28)27(35)9-11-31(16-26(27,2)3)15-18-7-12-36-13-8-18/h4-5,14,18,35H,6-13,15-16H2,1-3H3,(H,30,33,34). The number of imide groups is 1. The minimum absolute atomic E-state index is 0.176. The Morgan fingerprint density at radius 2 is 1.97 bits per heavy atom. The van der Waals surface area contributed by atoms with Gasteiger partial charge in [0.05, 0.1) is 22.5 Å². The van der Waals surface area contributed by atoms with Gasteiger partial charge in [0, 0.05) is 49.0 Å². The zero-order chi connectivity index (χ0) is 25.7. The van der Waals surface area contributed by atoms with Crippen molar-refractivity contribution in [3.05, 3.63) is 35.3 Å². The first-order valence-corrected chi connectivity index (χ1v) is 14.0. The van der Waals surface area contributed by atoms with Crippen LogP contribution in [-0.4, -0.2) is 64.6 Å². The molecule has 0 bridgehead atoms. The molecule has 7 nitrogen and oxygen atoms in total. The molecule has 1 aromatic heterocycles. The van der Waals surface area contributed by atoms with E-state index in [1.54, 1.807) is 25.1 Å². The van der Waals surface area contributed by atoms with E-state index in [0.29, 0.717) is 35.8 Å². The van der Waals surface area contributed by atoms with Crippen LogP contribution in [0.3, 0.4) is 0 Å². The summed E-state index contributed by atoms with van der Waals surface area (Å²) in [7, 11) is 0. The number of piperidine rings is 1. The average Bonchev–Trinajstić information content (AvgIpc) is 2.82. The molecule has 0 saturated carbocycles. The molecule has 0 radical (unpaired) electrons. The van der Waals surface area contributed by atoms with E-state index >= 15 is 4.39 Å². The van der Waals surface area contributed by atoms with Crippen molar-refractivity contribution in [2.45, 2.75) is 52.1 Å². The molecule has 5 rings (SSSR count). The Balaban J connectivity index is 1.45. The number of benzene rings is 1. The Bertz CT molecular complexity index is 1200. The molecule has 0 spiro atoms. The van der Waals surface area contributed by atoms with Crippen LogP contribution in [0.25, 0.3) is 10.9 Å². The number of carbonyl (C=O) groups is 2. The fourth-order valence-electron chi connectivity index (χ4n) is 6.06. The molecule has 1 unspecified atom stereocenters. The molecule has 36 heavy (non-hydrogen) atoms. The maximum atomic E-state index is 16.2. The first-order valence-electron chi connectivity index (χ1n) is 12.8. The van der Waals surface area contributed by atoms with Crippen LogP contribution < -0.4 is 10.2 Å². The van der Waals surface area contributed by atoms with Crippen LogP contribution in [0.5, 0.6) is 0 Å². The van der Waals surface area contributed by atoms with Crippen LogP contribution in [0.2, 0.25) is 0 Å². The van der Waals surface area contributed by atoms with Crippen molar-refractivity contribution >= 4 is 40.3 Å². The van der Waals surface area contributed by atoms with E-state index in [4.69, 9.17) is 0 Å². The highest BCUT2D eigenvalue weighted by Crippen LogP contribution is 2.48. The second kappa shape index (κ2) is 9.58. The lowest BCUT2D eigenvalue weighted by Crippen LogP contribution is -2.56. The molecule has 4 heterocycles. The third kappa shape index (κ3) is 4.50. The van der Waals surface area contributed by atoms with Crippen LogP contribution in [0, 0.1) is 24.1 Å². The second-order valence-electron chi connectivity index (χ2n) is 11.1. The molecule has 3 aliphatic rings. The topological polar surface area (TPSA) is 85.8 Å². The lowest BCUT2D eigenvalue weighted by molar-refractivity contribution is -0.129. The quantitative estimate of drug-likeness (QED) is 0.637. The first-order chi connectivity index (χ1) is 17.1. The van der Waals surface area contributed by atoms with Crippen LogP contribution in [0.15, 0.2) is 18.2 Å². The Labute approximate surface area is 215 Å². The molecule has 0 aliphatic carbocycles. The van der Waals surface area contributed by atoms with Gasteiger partial charge in [-0.25, -0.2) is 9.18 Å². The number of amides is 3. The SMILES string of the molecule is Cc1nc2ccc(C3(O)CCN(CC4CCSCC4)CC3(C)C)c(F)c2cc1N1CCC(=O)NC1=O. The van der Waals surface area contributed by atoms with Crippen molar-refractivity contribution in [3.63, 3.8) is 0 Å². The van der Waals surface area contributed by atoms with Crippen molar-refractivity contribution in [2.24, 2.45) is 11.3 Å². The maximum absolute atomic E-state index is 16.2. The molecular formula is C27H35FN4O3S. The molecule has 9 heteroatoms. The summed E-state index contributed by atoms with van der Waals surface area (Å²) in [4.78, 5) is 32.4. The van der Waals surface area contributed by atoms with Gasteiger partial charge in [-0.2, -0.15) is 11.8 Å². The second-order valence-corrected chi connectivity index (χ2v) is 12.4. The molecule has 3 fully saturated rings. The summed E-state index contributed by atoms with van der Waals surface area (Å²) < 4.78 is 16.2. The van der Waals surface area contributed by atoms with E-state index in [1.165, 1.54) is 29.2 Å². The summed E-state index contributed by atoms with van der Waals surface area (Å²) in [5.41, 5.74) is -0.0898. The zero-order valence-corrected chi connectivity index (χ0v) is 22.1. The van der Waals surface area contributed by atoms with Gasteiger partial charge in [-0.1, -0.05) is 19.9 Å². The summed E-state index contributed by atoms with van der Waals surface area (Å²) in [5.74, 6) is 2.32. The number of halogens is 1. The summed E-state index contributed by atoms with van der Waals surface area (Å²) in [5, 5.41) is 14.6. The molecule has 2 aromatic rings. The number of thioether (sulfide) groups is 1. The molecule has 1 aromatic carbocycles. The third-order valence-corrected chi connectivity index (χ3v) is 9.32. The number of aromatic nitrogens is 1. The van der Waals surface area contributed by atoms with Crippen molar-refractivity contribution in [1.29, 1.82) is 0 Å². The maximum Gasteiger partial charge on any atom is 0.328 e. The lowest BCUT2D eigenvalue weighted by Gasteiger charge is -2.51. The molecular weight excluding hydrogens is 479 g/mol. The minimum atomic E-state index is -1.33. The Kier molecular flexibility index (Phi) is 6.76. The van der Waals surface area contributed by atoms with Gasteiger partial charge in [-0.05, 0) is 55.7 Å². The van der Waals surface area contributed by atoms with Crippen molar-refractivity contribution in [3.8, 4) is 0 Å². The predicted molar refractivity (Wildman–Crippen MR) is 141 cm³/mol. The number of pyridine rings is 1. The van der Waals surface area contributed by atoms with Gasteiger partial charge in [-0.3, -0.25) is 20.0 Å². The van der Waals surface area contributed by atoms with E-state index in [9.17, 15) is 14.7 Å². The number of fused-ring (bicyclic) bond motifs is 1. The monoisotopic (exact) mass is 514 g/mol. The summed E-state index contributed by atoms with van der Waals surface area (Å²) in [6.07, 6.45) is 3.11. The summed E-state index contributed by atoms with van der Waals surface area (Å²) in [6.45, 7) is 8.48. The van der Waals surface area contributed by atoms with Gasteiger partial charge in [0.25, 0.3) is 0 Å². The van der Waals surface area contributed by atoms with Gasteiger partial charge in [0.1, 0.15) is 5.82 Å². The van der Waals surface area contributed by atoms with Crippen molar-refractivity contribution in [1.82, 2.24) is 15.2 Å². The highest BCUT2D eigenvalue weighted by molar-refractivity contribution is 7.99. The van der Waals surface area contributed by atoms with E-state index < -0.39 is 22.9 Å². The minimum Gasteiger partial charge on any atom is -0.384 e. The van der Waals surface area contributed by atoms with Gasteiger partial charge < -0.3 is 10.0 Å². The smallest absolute Gasteiger partial charge is 0.328 e. The number of likely N-dealkylation sites (tertiary alicyclic amines) is 1. The number of hydrogen-bond donors (Lipinski definition) is 2. The third-order valence-electron chi connectivity index (χ3n) is 8.27. The fraction of sp³-hybridized carbons (Fsp3) is 0.593. The van der Waals surface area contributed by atoms with E-state index in [2.05, 4.69) is 15.2 Å². The number of aryl methyl sites for hydroxylation is 1. The van der Waals surface area contributed by atoms with Crippen LogP contribution in [-0.2, 0) is 10.4 Å². The molecule has 3 saturated heterocycles. The van der Waals surface area contributed by atoms with Crippen molar-refractivity contribution < 1.29 is 19.1 Å². The van der Waals surface area contributed by atoms with Crippen LogP contribution >= 0.6 is 11.8 Å². The Morgan fingerprint density at radius 3 is 2.67 bits per heavy atom. The number of aliphatic hydroxyl groups is 1. The number of nitrogens with zero attached hydrogens (tertiary/aromatic N) is 3.